The second kappa shape index (κ2) is 7.95. The van der Waals surface area contributed by atoms with Crippen molar-refractivity contribution >= 4 is 22.5 Å². The van der Waals surface area contributed by atoms with Gasteiger partial charge in [0.05, 0.1) is 37.5 Å². The molecule has 2 aromatic rings. The van der Waals surface area contributed by atoms with Crippen LogP contribution in [0.1, 0.15) is 32.6 Å². The van der Waals surface area contributed by atoms with Crippen LogP contribution in [0.2, 0.25) is 0 Å². The summed E-state index contributed by atoms with van der Waals surface area (Å²) < 4.78 is 49.9. The number of piperidine rings is 1. The zero-order valence-corrected chi connectivity index (χ0v) is 18.0. The van der Waals surface area contributed by atoms with Crippen LogP contribution in [-0.4, -0.2) is 60.4 Å². The summed E-state index contributed by atoms with van der Waals surface area (Å²) in [6.07, 6.45) is 0.761. The van der Waals surface area contributed by atoms with Crippen LogP contribution in [0, 0.1) is 11.3 Å². The maximum Gasteiger partial charge on any atom is 0.401 e. The number of halogens is 3. The molecule has 3 fully saturated rings. The van der Waals surface area contributed by atoms with E-state index in [9.17, 15) is 18.0 Å². The molecular formula is C23H28F3N3O3. The SMILES string of the molecule is CC1(C(=O)Nc2c[nH]c3ccc(OCC4C[C@H]5CC[C@@H](C4)N5CC(F)(F)F)cc23)COC1. The Bertz CT molecular complexity index is 987. The van der Waals surface area contributed by atoms with Gasteiger partial charge in [-0.05, 0) is 56.7 Å². The summed E-state index contributed by atoms with van der Waals surface area (Å²) in [5.74, 6) is 0.865. The summed E-state index contributed by atoms with van der Waals surface area (Å²) in [5.41, 5.74) is 1.08. The lowest BCUT2D eigenvalue weighted by Gasteiger charge is -2.39. The Balaban J connectivity index is 1.21. The number of anilines is 1. The molecule has 3 atom stereocenters. The van der Waals surface area contributed by atoms with E-state index >= 15 is 0 Å². The summed E-state index contributed by atoms with van der Waals surface area (Å²) >= 11 is 0. The molecule has 3 saturated heterocycles. The number of rotatable bonds is 6. The van der Waals surface area contributed by atoms with Gasteiger partial charge in [0.1, 0.15) is 5.75 Å². The van der Waals surface area contributed by atoms with Gasteiger partial charge in [-0.25, -0.2) is 0 Å². The highest BCUT2D eigenvalue weighted by atomic mass is 19.4. The minimum absolute atomic E-state index is 0.00482. The van der Waals surface area contributed by atoms with Crippen molar-refractivity contribution in [3.63, 3.8) is 0 Å². The van der Waals surface area contributed by atoms with Gasteiger partial charge in [0.25, 0.3) is 0 Å². The van der Waals surface area contributed by atoms with Gasteiger partial charge >= 0.3 is 6.18 Å². The number of H-pyrrole nitrogens is 1. The highest BCUT2D eigenvalue weighted by molar-refractivity contribution is 6.04. The fourth-order valence-electron chi connectivity index (χ4n) is 5.31. The zero-order chi connectivity index (χ0) is 22.5. The van der Waals surface area contributed by atoms with Crippen molar-refractivity contribution in [3.8, 4) is 5.75 Å². The van der Waals surface area contributed by atoms with Crippen molar-refractivity contribution in [2.45, 2.75) is 50.9 Å². The van der Waals surface area contributed by atoms with Crippen LogP contribution >= 0.6 is 0 Å². The fourth-order valence-corrected chi connectivity index (χ4v) is 5.31. The number of fused-ring (bicyclic) bond motifs is 3. The minimum Gasteiger partial charge on any atom is -0.493 e. The number of hydrogen-bond donors (Lipinski definition) is 2. The molecule has 174 valence electrons. The molecule has 1 aromatic heterocycles. The number of benzene rings is 1. The van der Waals surface area contributed by atoms with Gasteiger partial charge in [0.2, 0.25) is 5.91 Å². The van der Waals surface area contributed by atoms with E-state index in [1.165, 1.54) is 0 Å². The largest absolute Gasteiger partial charge is 0.493 e. The molecule has 5 rings (SSSR count). The van der Waals surface area contributed by atoms with Gasteiger partial charge in [0, 0.05) is 29.2 Å². The topological polar surface area (TPSA) is 66.6 Å². The number of aromatic amines is 1. The Morgan fingerprint density at radius 2 is 2.00 bits per heavy atom. The van der Waals surface area contributed by atoms with E-state index in [1.54, 1.807) is 11.1 Å². The lowest BCUT2D eigenvalue weighted by atomic mass is 9.87. The fraction of sp³-hybridized carbons (Fsp3) is 0.609. The van der Waals surface area contributed by atoms with Crippen molar-refractivity contribution in [1.29, 1.82) is 0 Å². The smallest absolute Gasteiger partial charge is 0.401 e. The summed E-state index contributed by atoms with van der Waals surface area (Å²) in [6, 6.07) is 5.67. The van der Waals surface area contributed by atoms with E-state index in [2.05, 4.69) is 10.3 Å². The molecule has 0 radical (unpaired) electrons. The Morgan fingerprint density at radius 3 is 2.62 bits per heavy atom. The molecule has 4 heterocycles. The average molecular weight is 451 g/mol. The van der Waals surface area contributed by atoms with E-state index in [0.717, 1.165) is 36.6 Å². The van der Waals surface area contributed by atoms with Crippen LogP contribution in [0.3, 0.4) is 0 Å². The standard InChI is InChI=1S/C23H28F3N3O3/c1-22(12-31-13-22)21(30)28-20-9-27-19-5-4-17(8-18(19)20)32-10-14-6-15-2-3-16(7-14)29(15)11-23(24,25)26/h4-5,8-9,14-16,27H,2-3,6-7,10-13H2,1H3,(H,28,30)/t14?,15-,16+. The molecule has 0 spiro atoms. The molecule has 3 aliphatic heterocycles. The minimum atomic E-state index is -4.15. The molecule has 1 amide bonds. The lowest BCUT2D eigenvalue weighted by Crippen LogP contribution is -2.49. The summed E-state index contributed by atoms with van der Waals surface area (Å²) in [4.78, 5) is 17.3. The number of alkyl halides is 3. The van der Waals surface area contributed by atoms with E-state index in [0.29, 0.717) is 31.3 Å². The van der Waals surface area contributed by atoms with Crippen LogP contribution in [-0.2, 0) is 9.53 Å². The first-order chi connectivity index (χ1) is 15.2. The molecule has 3 aliphatic rings. The van der Waals surface area contributed by atoms with Crippen molar-refractivity contribution < 1.29 is 27.4 Å². The molecule has 1 unspecified atom stereocenters. The Morgan fingerprint density at radius 1 is 1.28 bits per heavy atom. The number of carbonyl (C=O) groups excluding carboxylic acids is 1. The molecule has 32 heavy (non-hydrogen) atoms. The van der Waals surface area contributed by atoms with Crippen LogP contribution in [0.25, 0.3) is 10.9 Å². The second-order valence-corrected chi connectivity index (χ2v) is 9.74. The number of nitrogens with zero attached hydrogens (tertiary/aromatic N) is 1. The maximum atomic E-state index is 12.9. The first kappa shape index (κ1) is 21.6. The van der Waals surface area contributed by atoms with E-state index in [-0.39, 0.29) is 23.9 Å². The molecule has 0 saturated carbocycles. The quantitative estimate of drug-likeness (QED) is 0.686. The van der Waals surface area contributed by atoms with Crippen LogP contribution in [0.15, 0.2) is 24.4 Å². The molecular weight excluding hydrogens is 423 g/mol. The predicted octanol–water partition coefficient (Wildman–Crippen LogP) is 4.33. The third-order valence-corrected chi connectivity index (χ3v) is 7.12. The molecule has 9 heteroatoms. The number of carbonyl (C=O) groups is 1. The van der Waals surface area contributed by atoms with Gasteiger partial charge in [-0.3, -0.25) is 9.69 Å². The second-order valence-electron chi connectivity index (χ2n) is 9.74. The van der Waals surface area contributed by atoms with Gasteiger partial charge < -0.3 is 19.8 Å². The monoisotopic (exact) mass is 451 g/mol. The summed E-state index contributed by atoms with van der Waals surface area (Å²) in [7, 11) is 0. The third-order valence-electron chi connectivity index (χ3n) is 7.12. The molecule has 2 bridgehead atoms. The normalized spacial score (nSPS) is 27.3. The molecule has 1 aromatic carbocycles. The third kappa shape index (κ3) is 4.20. The Labute approximate surface area is 184 Å². The molecule has 0 aliphatic carbocycles. The number of amides is 1. The van der Waals surface area contributed by atoms with Gasteiger partial charge in [-0.1, -0.05) is 0 Å². The zero-order valence-electron chi connectivity index (χ0n) is 18.0. The van der Waals surface area contributed by atoms with Gasteiger partial charge in [-0.15, -0.1) is 0 Å². The van der Waals surface area contributed by atoms with Crippen LogP contribution in [0.4, 0.5) is 18.9 Å². The van der Waals surface area contributed by atoms with Crippen molar-refractivity contribution in [2.24, 2.45) is 11.3 Å². The van der Waals surface area contributed by atoms with Crippen LogP contribution < -0.4 is 10.1 Å². The lowest BCUT2D eigenvalue weighted by molar-refractivity contribution is -0.157. The Kier molecular flexibility index (Phi) is 5.36. The van der Waals surface area contributed by atoms with Crippen molar-refractivity contribution in [3.05, 3.63) is 24.4 Å². The number of ether oxygens (including phenoxy) is 2. The summed E-state index contributed by atoms with van der Waals surface area (Å²) in [5, 5.41) is 3.84. The highest BCUT2D eigenvalue weighted by Crippen LogP contribution is 2.40. The van der Waals surface area contributed by atoms with E-state index < -0.39 is 18.1 Å². The van der Waals surface area contributed by atoms with Crippen molar-refractivity contribution in [1.82, 2.24) is 9.88 Å². The number of aromatic nitrogens is 1. The van der Waals surface area contributed by atoms with Gasteiger partial charge in [-0.2, -0.15) is 13.2 Å². The maximum absolute atomic E-state index is 12.9. The van der Waals surface area contributed by atoms with Crippen LogP contribution in [0.5, 0.6) is 5.75 Å². The number of hydrogen-bond acceptors (Lipinski definition) is 4. The van der Waals surface area contributed by atoms with E-state index in [4.69, 9.17) is 9.47 Å². The molecule has 6 nitrogen and oxygen atoms in total. The number of nitrogens with one attached hydrogen (secondary N) is 2. The average Bonchev–Trinajstić information content (AvgIpc) is 3.19. The summed E-state index contributed by atoms with van der Waals surface area (Å²) in [6.45, 7) is 2.39. The molecule has 2 N–H and O–H groups in total. The van der Waals surface area contributed by atoms with Gasteiger partial charge in [0.15, 0.2) is 0 Å². The van der Waals surface area contributed by atoms with E-state index in [1.807, 2.05) is 25.1 Å². The first-order valence-corrected chi connectivity index (χ1v) is 11.2. The highest BCUT2D eigenvalue weighted by Gasteiger charge is 2.45. The first-order valence-electron chi connectivity index (χ1n) is 11.2. The predicted molar refractivity (Wildman–Crippen MR) is 114 cm³/mol. The van der Waals surface area contributed by atoms with Crippen molar-refractivity contribution in [2.75, 3.05) is 31.7 Å². The Hall–Kier alpha value is -2.26.